The Bertz CT molecular complexity index is 350. The Kier molecular flexibility index (Phi) is 3.41. The van der Waals surface area contributed by atoms with Crippen molar-refractivity contribution in [3.8, 4) is 11.8 Å². The van der Waals surface area contributed by atoms with Gasteiger partial charge in [0.2, 0.25) is 5.95 Å². The summed E-state index contributed by atoms with van der Waals surface area (Å²) < 4.78 is 13.0. The molecule has 1 aromatic rings. The first kappa shape index (κ1) is 9.69. The molecule has 68 valence electrons. The second-order valence-electron chi connectivity index (χ2n) is 2.68. The van der Waals surface area contributed by atoms with Crippen LogP contribution in [0.5, 0.6) is 0 Å². The van der Waals surface area contributed by atoms with E-state index in [0.717, 1.165) is 5.56 Å². The molecule has 0 atom stereocenters. The van der Waals surface area contributed by atoms with Crippen LogP contribution in [0.15, 0.2) is 12.3 Å². The molecule has 0 spiro atoms. The van der Waals surface area contributed by atoms with Crippen molar-refractivity contribution in [1.82, 2.24) is 10.3 Å². The number of hydrogen-bond acceptors (Lipinski definition) is 2. The maximum absolute atomic E-state index is 13.0. The molecule has 1 N–H and O–H groups in total. The smallest absolute Gasteiger partial charge is 0.228 e. The van der Waals surface area contributed by atoms with Crippen LogP contribution in [0.4, 0.5) is 4.39 Å². The van der Waals surface area contributed by atoms with Crippen molar-refractivity contribution in [3.05, 3.63) is 29.3 Å². The SMILES string of the molecule is CNCC#Cc1cc(C)cnc1F. The molecule has 0 saturated carbocycles. The average Bonchev–Trinajstić information content (AvgIpc) is 2.11. The molecule has 0 fully saturated rings. The number of aryl methyl sites for hydroxylation is 1. The van der Waals surface area contributed by atoms with E-state index in [1.54, 1.807) is 13.1 Å². The van der Waals surface area contributed by atoms with E-state index in [2.05, 4.69) is 22.1 Å². The van der Waals surface area contributed by atoms with Crippen LogP contribution >= 0.6 is 0 Å². The van der Waals surface area contributed by atoms with Gasteiger partial charge >= 0.3 is 0 Å². The molecule has 0 aliphatic heterocycles. The van der Waals surface area contributed by atoms with Crippen LogP contribution in [0.2, 0.25) is 0 Å². The standard InChI is InChI=1S/C10H11FN2/c1-8-6-9(4-3-5-12-2)10(11)13-7-8/h6-7,12H,5H2,1-2H3. The first-order chi connectivity index (χ1) is 6.24. The molecule has 0 unspecified atom stereocenters. The summed E-state index contributed by atoms with van der Waals surface area (Å²) in [5, 5.41) is 2.86. The summed E-state index contributed by atoms with van der Waals surface area (Å²) in [4.78, 5) is 3.57. The molecule has 13 heavy (non-hydrogen) atoms. The van der Waals surface area contributed by atoms with Crippen LogP contribution in [0.25, 0.3) is 0 Å². The minimum Gasteiger partial charge on any atom is -0.309 e. The Hall–Kier alpha value is -1.40. The molecule has 1 rings (SSSR count). The third kappa shape index (κ3) is 2.85. The third-order valence-corrected chi connectivity index (χ3v) is 1.46. The van der Waals surface area contributed by atoms with Gasteiger partial charge in [0.25, 0.3) is 0 Å². The number of rotatable bonds is 1. The van der Waals surface area contributed by atoms with E-state index in [9.17, 15) is 4.39 Å². The van der Waals surface area contributed by atoms with Gasteiger partial charge in [-0.2, -0.15) is 4.39 Å². The van der Waals surface area contributed by atoms with E-state index in [1.165, 1.54) is 6.20 Å². The summed E-state index contributed by atoms with van der Waals surface area (Å²) in [5.74, 6) is 4.98. The molecule has 0 saturated heterocycles. The van der Waals surface area contributed by atoms with Gasteiger partial charge < -0.3 is 5.32 Å². The molecule has 0 amide bonds. The Morgan fingerprint density at radius 3 is 3.08 bits per heavy atom. The summed E-state index contributed by atoms with van der Waals surface area (Å²) in [6.45, 7) is 2.41. The molecule has 1 heterocycles. The van der Waals surface area contributed by atoms with Crippen LogP contribution in [-0.2, 0) is 0 Å². The van der Waals surface area contributed by atoms with Gasteiger partial charge in [0.05, 0.1) is 12.1 Å². The highest BCUT2D eigenvalue weighted by molar-refractivity contribution is 5.35. The van der Waals surface area contributed by atoms with Crippen molar-refractivity contribution < 1.29 is 4.39 Å². The Morgan fingerprint density at radius 2 is 2.38 bits per heavy atom. The van der Waals surface area contributed by atoms with Crippen molar-refractivity contribution in [3.63, 3.8) is 0 Å². The van der Waals surface area contributed by atoms with E-state index >= 15 is 0 Å². The van der Waals surface area contributed by atoms with Crippen molar-refractivity contribution in [2.45, 2.75) is 6.92 Å². The third-order valence-electron chi connectivity index (χ3n) is 1.46. The Morgan fingerprint density at radius 1 is 1.62 bits per heavy atom. The number of nitrogens with zero attached hydrogens (tertiary/aromatic N) is 1. The van der Waals surface area contributed by atoms with E-state index in [4.69, 9.17) is 0 Å². The second kappa shape index (κ2) is 4.58. The Balaban J connectivity index is 2.89. The summed E-state index contributed by atoms with van der Waals surface area (Å²) in [5.41, 5.74) is 1.27. The molecular formula is C10H11FN2. The first-order valence-corrected chi connectivity index (χ1v) is 3.99. The Labute approximate surface area is 77.2 Å². The number of pyridine rings is 1. The maximum Gasteiger partial charge on any atom is 0.228 e. The van der Waals surface area contributed by atoms with Crippen molar-refractivity contribution in [2.24, 2.45) is 0 Å². The molecule has 0 bridgehead atoms. The predicted molar refractivity (Wildman–Crippen MR) is 49.7 cm³/mol. The minimum absolute atomic E-state index is 0.357. The lowest BCUT2D eigenvalue weighted by Crippen LogP contribution is -2.04. The second-order valence-corrected chi connectivity index (χ2v) is 2.68. The average molecular weight is 178 g/mol. The highest BCUT2D eigenvalue weighted by atomic mass is 19.1. The lowest BCUT2D eigenvalue weighted by Gasteiger charge is -1.94. The molecule has 2 nitrogen and oxygen atoms in total. The van der Waals surface area contributed by atoms with Crippen LogP contribution < -0.4 is 5.32 Å². The van der Waals surface area contributed by atoms with E-state index in [1.807, 2.05) is 6.92 Å². The van der Waals surface area contributed by atoms with Gasteiger partial charge in [-0.1, -0.05) is 11.8 Å². The normalized spacial score (nSPS) is 9.15. The number of hydrogen-bond donors (Lipinski definition) is 1. The number of nitrogens with one attached hydrogen (secondary N) is 1. The van der Waals surface area contributed by atoms with Crippen LogP contribution in [0.3, 0.4) is 0 Å². The fraction of sp³-hybridized carbons (Fsp3) is 0.300. The molecule has 0 aliphatic rings. The van der Waals surface area contributed by atoms with E-state index < -0.39 is 5.95 Å². The molecular weight excluding hydrogens is 167 g/mol. The fourth-order valence-corrected chi connectivity index (χ4v) is 0.868. The van der Waals surface area contributed by atoms with Gasteiger partial charge in [-0.3, -0.25) is 0 Å². The highest BCUT2D eigenvalue weighted by Crippen LogP contribution is 2.04. The number of halogens is 1. The van der Waals surface area contributed by atoms with Gasteiger partial charge in [0.15, 0.2) is 0 Å². The van der Waals surface area contributed by atoms with Gasteiger partial charge in [0.1, 0.15) is 0 Å². The first-order valence-electron chi connectivity index (χ1n) is 3.99. The summed E-state index contributed by atoms with van der Waals surface area (Å²) in [6, 6.07) is 1.69. The predicted octanol–water partition coefficient (Wildman–Crippen LogP) is 1.10. The maximum atomic E-state index is 13.0. The zero-order chi connectivity index (χ0) is 9.68. The highest BCUT2D eigenvalue weighted by Gasteiger charge is 1.98. The van der Waals surface area contributed by atoms with Crippen LogP contribution in [0, 0.1) is 24.7 Å². The van der Waals surface area contributed by atoms with E-state index in [-0.39, 0.29) is 0 Å². The van der Waals surface area contributed by atoms with Gasteiger partial charge in [-0.05, 0) is 25.6 Å². The molecule has 1 aromatic heterocycles. The largest absolute Gasteiger partial charge is 0.309 e. The topological polar surface area (TPSA) is 24.9 Å². The number of aromatic nitrogens is 1. The van der Waals surface area contributed by atoms with Gasteiger partial charge in [0, 0.05) is 6.20 Å². The quantitative estimate of drug-likeness (QED) is 0.514. The summed E-state index contributed by atoms with van der Waals surface area (Å²) >= 11 is 0. The molecule has 3 heteroatoms. The monoisotopic (exact) mass is 178 g/mol. The zero-order valence-corrected chi connectivity index (χ0v) is 7.69. The van der Waals surface area contributed by atoms with Crippen LogP contribution in [0.1, 0.15) is 11.1 Å². The van der Waals surface area contributed by atoms with Crippen molar-refractivity contribution in [2.75, 3.05) is 13.6 Å². The van der Waals surface area contributed by atoms with Gasteiger partial charge in [-0.15, -0.1) is 0 Å². The van der Waals surface area contributed by atoms with Crippen molar-refractivity contribution in [1.29, 1.82) is 0 Å². The van der Waals surface area contributed by atoms with Gasteiger partial charge in [-0.25, -0.2) is 4.98 Å². The molecule has 0 radical (unpaired) electrons. The summed E-state index contributed by atoms with van der Waals surface area (Å²) in [7, 11) is 1.79. The summed E-state index contributed by atoms with van der Waals surface area (Å²) in [6.07, 6.45) is 1.48. The lowest BCUT2D eigenvalue weighted by molar-refractivity contribution is 0.579. The van der Waals surface area contributed by atoms with Crippen LogP contribution in [-0.4, -0.2) is 18.6 Å². The van der Waals surface area contributed by atoms with Crippen molar-refractivity contribution >= 4 is 0 Å². The lowest BCUT2D eigenvalue weighted by atomic mass is 10.2. The zero-order valence-electron chi connectivity index (χ0n) is 7.69. The fourth-order valence-electron chi connectivity index (χ4n) is 0.868. The molecule has 0 aliphatic carbocycles. The molecule has 0 aromatic carbocycles. The minimum atomic E-state index is -0.505. The van der Waals surface area contributed by atoms with E-state index in [0.29, 0.717) is 12.1 Å².